The fraction of sp³-hybridized carbons (Fsp3) is 0.700. The fourth-order valence-electron chi connectivity index (χ4n) is 1.34. The lowest BCUT2D eigenvalue weighted by atomic mass is 10.1. The van der Waals surface area contributed by atoms with Crippen LogP contribution in [0.2, 0.25) is 0 Å². The van der Waals surface area contributed by atoms with Gasteiger partial charge in [-0.15, -0.1) is 11.6 Å². The number of aryl methyl sites for hydroxylation is 1. The lowest BCUT2D eigenvalue weighted by molar-refractivity contribution is 0.450. The van der Waals surface area contributed by atoms with E-state index in [0.29, 0.717) is 11.8 Å². The zero-order chi connectivity index (χ0) is 12.2. The van der Waals surface area contributed by atoms with Crippen molar-refractivity contribution in [3.8, 4) is 0 Å². The van der Waals surface area contributed by atoms with Gasteiger partial charge in [-0.1, -0.05) is 6.92 Å². The Morgan fingerprint density at radius 1 is 1.50 bits per heavy atom. The Bertz CT molecular complexity index is 428. The third-order valence-corrected chi connectivity index (χ3v) is 3.78. The highest BCUT2D eigenvalue weighted by atomic mass is 35.5. The Morgan fingerprint density at radius 3 is 2.69 bits per heavy atom. The van der Waals surface area contributed by atoms with E-state index in [1.165, 1.54) is 12.5 Å². The maximum atomic E-state index is 11.2. The number of hydrogen-bond acceptors (Lipinski definition) is 3. The van der Waals surface area contributed by atoms with Crippen molar-refractivity contribution in [1.82, 2.24) is 9.78 Å². The van der Waals surface area contributed by atoms with Crippen molar-refractivity contribution in [2.24, 2.45) is 5.92 Å². The highest BCUT2D eigenvalue weighted by molar-refractivity contribution is 7.90. The Morgan fingerprint density at radius 2 is 2.19 bits per heavy atom. The molecule has 0 aliphatic rings. The second-order valence-electron chi connectivity index (χ2n) is 4.08. The van der Waals surface area contributed by atoms with E-state index in [4.69, 9.17) is 11.6 Å². The SMILES string of the molecule is CC(CCCl)CCn1cc(S(C)(=O)=O)cn1. The summed E-state index contributed by atoms with van der Waals surface area (Å²) < 4.78 is 24.1. The second-order valence-corrected chi connectivity index (χ2v) is 6.48. The number of rotatable bonds is 6. The van der Waals surface area contributed by atoms with Gasteiger partial charge in [0.15, 0.2) is 9.84 Å². The molecule has 1 atom stereocenters. The normalized spacial score (nSPS) is 13.9. The Hall–Kier alpha value is -0.550. The topological polar surface area (TPSA) is 52.0 Å². The molecule has 0 radical (unpaired) electrons. The number of alkyl halides is 1. The molecule has 0 amide bonds. The number of aromatic nitrogens is 2. The first-order chi connectivity index (χ1) is 7.43. The van der Waals surface area contributed by atoms with Gasteiger partial charge in [-0.05, 0) is 18.8 Å². The lowest BCUT2D eigenvalue weighted by Crippen LogP contribution is -2.04. The summed E-state index contributed by atoms with van der Waals surface area (Å²) in [6.45, 7) is 2.86. The van der Waals surface area contributed by atoms with Crippen LogP contribution in [0.15, 0.2) is 17.3 Å². The van der Waals surface area contributed by atoms with Crippen molar-refractivity contribution in [3.05, 3.63) is 12.4 Å². The molecule has 1 rings (SSSR count). The average Bonchev–Trinajstić information content (AvgIpc) is 2.63. The quantitative estimate of drug-likeness (QED) is 0.738. The standard InChI is InChI=1S/C10H17ClN2O2S/c1-9(3-5-11)4-6-13-8-10(7-12-13)16(2,14)15/h7-9H,3-6H2,1-2H3. The highest BCUT2D eigenvalue weighted by Crippen LogP contribution is 2.11. The lowest BCUT2D eigenvalue weighted by Gasteiger charge is -2.08. The molecular weight excluding hydrogens is 248 g/mol. The smallest absolute Gasteiger partial charge is 0.178 e. The molecular formula is C10H17ClN2O2S. The van der Waals surface area contributed by atoms with Crippen LogP contribution < -0.4 is 0 Å². The number of sulfone groups is 1. The van der Waals surface area contributed by atoms with Crippen LogP contribution >= 0.6 is 11.6 Å². The predicted octanol–water partition coefficient (Wildman–Crippen LogP) is 1.94. The molecule has 0 fully saturated rings. The van der Waals surface area contributed by atoms with Crippen molar-refractivity contribution in [2.45, 2.75) is 31.2 Å². The molecule has 0 N–H and O–H groups in total. The van der Waals surface area contributed by atoms with E-state index in [0.717, 1.165) is 19.4 Å². The number of halogens is 1. The van der Waals surface area contributed by atoms with Gasteiger partial charge in [0.25, 0.3) is 0 Å². The van der Waals surface area contributed by atoms with E-state index in [2.05, 4.69) is 12.0 Å². The first-order valence-corrected chi connectivity index (χ1v) is 7.64. The van der Waals surface area contributed by atoms with E-state index in [1.54, 1.807) is 10.9 Å². The van der Waals surface area contributed by atoms with E-state index in [9.17, 15) is 8.42 Å². The van der Waals surface area contributed by atoms with E-state index >= 15 is 0 Å². The van der Waals surface area contributed by atoms with Crippen LogP contribution in [0.5, 0.6) is 0 Å². The molecule has 0 aromatic carbocycles. The molecule has 6 heteroatoms. The molecule has 92 valence electrons. The summed E-state index contributed by atoms with van der Waals surface area (Å²) in [6.07, 6.45) is 6.08. The summed E-state index contributed by atoms with van der Waals surface area (Å²) in [5.74, 6) is 1.19. The summed E-state index contributed by atoms with van der Waals surface area (Å²) in [6, 6.07) is 0. The number of hydrogen-bond donors (Lipinski definition) is 0. The Labute approximate surface area is 102 Å². The van der Waals surface area contributed by atoms with Gasteiger partial charge in [0.2, 0.25) is 0 Å². The molecule has 1 unspecified atom stereocenters. The van der Waals surface area contributed by atoms with Crippen LogP contribution in [-0.4, -0.2) is 30.3 Å². The van der Waals surface area contributed by atoms with Crippen LogP contribution in [0.3, 0.4) is 0 Å². The van der Waals surface area contributed by atoms with E-state index in [1.807, 2.05) is 0 Å². The maximum absolute atomic E-state index is 11.2. The predicted molar refractivity (Wildman–Crippen MR) is 64.5 cm³/mol. The molecule has 0 saturated carbocycles. The van der Waals surface area contributed by atoms with E-state index < -0.39 is 9.84 Å². The van der Waals surface area contributed by atoms with Crippen molar-refractivity contribution in [3.63, 3.8) is 0 Å². The first-order valence-electron chi connectivity index (χ1n) is 5.22. The molecule has 0 spiro atoms. The van der Waals surface area contributed by atoms with Crippen LogP contribution in [0.25, 0.3) is 0 Å². The van der Waals surface area contributed by atoms with Gasteiger partial charge in [0, 0.05) is 24.9 Å². The minimum absolute atomic E-state index is 0.275. The monoisotopic (exact) mass is 264 g/mol. The minimum atomic E-state index is -3.14. The third kappa shape index (κ3) is 4.14. The van der Waals surface area contributed by atoms with Crippen LogP contribution in [0, 0.1) is 5.92 Å². The largest absolute Gasteiger partial charge is 0.271 e. The van der Waals surface area contributed by atoms with Gasteiger partial charge in [-0.25, -0.2) is 8.42 Å². The molecule has 0 aliphatic heterocycles. The van der Waals surface area contributed by atoms with Gasteiger partial charge in [0.05, 0.1) is 6.20 Å². The first kappa shape index (κ1) is 13.5. The van der Waals surface area contributed by atoms with Crippen molar-refractivity contribution >= 4 is 21.4 Å². The molecule has 4 nitrogen and oxygen atoms in total. The Kier molecular flexibility index (Phi) is 4.80. The van der Waals surface area contributed by atoms with Gasteiger partial charge in [0.1, 0.15) is 4.90 Å². The van der Waals surface area contributed by atoms with Crippen molar-refractivity contribution in [2.75, 3.05) is 12.1 Å². The summed E-state index contributed by atoms with van der Waals surface area (Å²) in [5, 5.41) is 4.02. The minimum Gasteiger partial charge on any atom is -0.271 e. The number of nitrogens with zero attached hydrogens (tertiary/aromatic N) is 2. The van der Waals surface area contributed by atoms with Gasteiger partial charge >= 0.3 is 0 Å². The van der Waals surface area contributed by atoms with Crippen LogP contribution in [0.1, 0.15) is 19.8 Å². The molecule has 16 heavy (non-hydrogen) atoms. The highest BCUT2D eigenvalue weighted by Gasteiger charge is 2.10. The van der Waals surface area contributed by atoms with Gasteiger partial charge < -0.3 is 0 Å². The molecule has 0 bridgehead atoms. The zero-order valence-corrected chi connectivity index (χ0v) is 11.1. The fourth-order valence-corrected chi connectivity index (χ4v) is 2.27. The zero-order valence-electron chi connectivity index (χ0n) is 9.56. The van der Waals surface area contributed by atoms with Gasteiger partial charge in [-0.2, -0.15) is 5.10 Å². The third-order valence-electron chi connectivity index (χ3n) is 2.49. The Balaban J connectivity index is 2.53. The van der Waals surface area contributed by atoms with E-state index in [-0.39, 0.29) is 4.90 Å². The molecule has 0 aliphatic carbocycles. The summed E-state index contributed by atoms with van der Waals surface area (Å²) in [7, 11) is -3.14. The summed E-state index contributed by atoms with van der Waals surface area (Å²) in [4.78, 5) is 0.275. The second kappa shape index (κ2) is 5.68. The van der Waals surface area contributed by atoms with Crippen LogP contribution in [-0.2, 0) is 16.4 Å². The molecule has 0 saturated heterocycles. The maximum Gasteiger partial charge on any atom is 0.178 e. The molecule has 1 aromatic rings. The van der Waals surface area contributed by atoms with Crippen molar-refractivity contribution in [1.29, 1.82) is 0 Å². The van der Waals surface area contributed by atoms with Crippen LogP contribution in [0.4, 0.5) is 0 Å². The van der Waals surface area contributed by atoms with Gasteiger partial charge in [-0.3, -0.25) is 4.68 Å². The summed E-state index contributed by atoms with van der Waals surface area (Å²) >= 11 is 5.64. The van der Waals surface area contributed by atoms with Crippen molar-refractivity contribution < 1.29 is 8.42 Å². The summed E-state index contributed by atoms with van der Waals surface area (Å²) in [5.41, 5.74) is 0. The molecule has 1 heterocycles. The molecule has 1 aromatic heterocycles. The average molecular weight is 265 g/mol.